The quantitative estimate of drug-likeness (QED) is 0.705. The number of aromatic carboxylic acids is 1. The lowest BCUT2D eigenvalue weighted by Gasteiger charge is -2.18. The van der Waals surface area contributed by atoms with Crippen LogP contribution in [0, 0.1) is 13.8 Å². The highest BCUT2D eigenvalue weighted by molar-refractivity contribution is 6.00. The Kier molecular flexibility index (Phi) is 5.76. The number of carbonyl (C=O) groups is 2. The Morgan fingerprint density at radius 1 is 1.25 bits per heavy atom. The SMILES string of the molecule is CCN(CC)CCNC(=O)c1c(C)[nH]c(C(=O)O)c1C. The van der Waals surface area contributed by atoms with Gasteiger partial charge in [-0.1, -0.05) is 13.8 Å². The van der Waals surface area contributed by atoms with Crippen molar-refractivity contribution < 1.29 is 14.7 Å². The van der Waals surface area contributed by atoms with E-state index in [-0.39, 0.29) is 11.6 Å². The lowest BCUT2D eigenvalue weighted by molar-refractivity contribution is 0.0690. The molecule has 1 aromatic heterocycles. The van der Waals surface area contributed by atoms with Gasteiger partial charge in [-0.25, -0.2) is 4.79 Å². The van der Waals surface area contributed by atoms with Crippen LogP contribution in [0.3, 0.4) is 0 Å². The number of carbonyl (C=O) groups excluding carboxylic acids is 1. The lowest BCUT2D eigenvalue weighted by Crippen LogP contribution is -2.35. The first-order chi connectivity index (χ1) is 9.42. The van der Waals surface area contributed by atoms with E-state index in [1.54, 1.807) is 13.8 Å². The van der Waals surface area contributed by atoms with Crippen molar-refractivity contribution in [3.63, 3.8) is 0 Å². The molecule has 112 valence electrons. The van der Waals surface area contributed by atoms with Gasteiger partial charge in [0.05, 0.1) is 5.56 Å². The molecule has 6 nitrogen and oxygen atoms in total. The summed E-state index contributed by atoms with van der Waals surface area (Å²) < 4.78 is 0. The molecule has 0 atom stereocenters. The van der Waals surface area contributed by atoms with E-state index in [1.807, 2.05) is 0 Å². The summed E-state index contributed by atoms with van der Waals surface area (Å²) in [4.78, 5) is 28.1. The molecule has 20 heavy (non-hydrogen) atoms. The molecule has 0 bridgehead atoms. The number of amides is 1. The van der Waals surface area contributed by atoms with Crippen molar-refractivity contribution in [2.45, 2.75) is 27.7 Å². The average molecular weight is 281 g/mol. The van der Waals surface area contributed by atoms with Gasteiger partial charge in [-0.15, -0.1) is 0 Å². The standard InChI is InChI=1S/C14H23N3O3/c1-5-17(6-2)8-7-15-13(18)11-9(3)12(14(19)20)16-10(11)4/h16H,5-8H2,1-4H3,(H,15,18)(H,19,20). The molecule has 1 heterocycles. The third-order valence-corrected chi connectivity index (χ3v) is 3.49. The monoisotopic (exact) mass is 281 g/mol. The number of carboxylic acids is 1. The molecule has 6 heteroatoms. The van der Waals surface area contributed by atoms with E-state index in [9.17, 15) is 9.59 Å². The molecule has 0 aliphatic heterocycles. The Bertz CT molecular complexity index is 490. The fourth-order valence-electron chi connectivity index (χ4n) is 2.26. The first-order valence-electron chi connectivity index (χ1n) is 6.85. The van der Waals surface area contributed by atoms with Crippen molar-refractivity contribution in [3.8, 4) is 0 Å². The average Bonchev–Trinajstić information content (AvgIpc) is 2.70. The van der Waals surface area contributed by atoms with E-state index in [0.717, 1.165) is 19.6 Å². The Hall–Kier alpha value is -1.82. The van der Waals surface area contributed by atoms with Crippen LogP contribution in [0.2, 0.25) is 0 Å². The molecule has 0 spiro atoms. The van der Waals surface area contributed by atoms with Crippen LogP contribution in [0.4, 0.5) is 0 Å². The number of nitrogens with one attached hydrogen (secondary N) is 2. The molecule has 3 N–H and O–H groups in total. The fraction of sp³-hybridized carbons (Fsp3) is 0.571. The Morgan fingerprint density at radius 2 is 1.85 bits per heavy atom. The largest absolute Gasteiger partial charge is 0.477 e. The van der Waals surface area contributed by atoms with Crippen molar-refractivity contribution in [1.82, 2.24) is 15.2 Å². The second-order valence-corrected chi connectivity index (χ2v) is 4.71. The van der Waals surface area contributed by atoms with Crippen molar-refractivity contribution in [2.24, 2.45) is 0 Å². The summed E-state index contributed by atoms with van der Waals surface area (Å²) in [6, 6.07) is 0. The van der Waals surface area contributed by atoms with Crippen LogP contribution in [-0.2, 0) is 0 Å². The third-order valence-electron chi connectivity index (χ3n) is 3.49. The molecular formula is C14H23N3O3. The zero-order valence-electron chi connectivity index (χ0n) is 12.5. The smallest absolute Gasteiger partial charge is 0.352 e. The Balaban J connectivity index is 2.71. The first-order valence-corrected chi connectivity index (χ1v) is 6.85. The highest BCUT2D eigenvalue weighted by Gasteiger charge is 2.21. The van der Waals surface area contributed by atoms with Gasteiger partial charge in [-0.05, 0) is 32.5 Å². The first kappa shape index (κ1) is 16.2. The minimum atomic E-state index is -1.05. The maximum atomic E-state index is 12.1. The maximum absolute atomic E-state index is 12.1. The number of aromatic amines is 1. The van der Waals surface area contributed by atoms with Crippen molar-refractivity contribution >= 4 is 11.9 Å². The highest BCUT2D eigenvalue weighted by Crippen LogP contribution is 2.17. The molecule has 1 rings (SSSR count). The summed E-state index contributed by atoms with van der Waals surface area (Å²) in [6.07, 6.45) is 0. The number of rotatable bonds is 7. The van der Waals surface area contributed by atoms with Crippen LogP contribution < -0.4 is 5.32 Å². The Labute approximate surface area is 119 Å². The van der Waals surface area contributed by atoms with Gasteiger partial charge in [0.2, 0.25) is 0 Å². The van der Waals surface area contributed by atoms with E-state index in [4.69, 9.17) is 5.11 Å². The fourth-order valence-corrected chi connectivity index (χ4v) is 2.26. The minimum Gasteiger partial charge on any atom is -0.477 e. The molecule has 0 aliphatic rings. The molecule has 0 unspecified atom stereocenters. The number of aromatic nitrogens is 1. The van der Waals surface area contributed by atoms with Crippen molar-refractivity contribution in [2.75, 3.05) is 26.2 Å². The van der Waals surface area contributed by atoms with Crippen molar-refractivity contribution in [1.29, 1.82) is 0 Å². The van der Waals surface area contributed by atoms with E-state index in [0.29, 0.717) is 23.4 Å². The number of hydrogen-bond donors (Lipinski definition) is 3. The van der Waals surface area contributed by atoms with Crippen molar-refractivity contribution in [3.05, 3.63) is 22.5 Å². The number of likely N-dealkylation sites (N-methyl/N-ethyl adjacent to an activating group) is 1. The van der Waals surface area contributed by atoms with Gasteiger partial charge in [-0.3, -0.25) is 4.79 Å². The van der Waals surface area contributed by atoms with Crippen LogP contribution in [0.1, 0.15) is 46.0 Å². The molecule has 0 saturated heterocycles. The summed E-state index contributed by atoms with van der Waals surface area (Å²) in [5, 5.41) is 11.9. The van der Waals surface area contributed by atoms with E-state index >= 15 is 0 Å². The minimum absolute atomic E-state index is 0.0800. The van der Waals surface area contributed by atoms with Gasteiger partial charge in [0, 0.05) is 18.8 Å². The van der Waals surface area contributed by atoms with Gasteiger partial charge in [0.1, 0.15) is 5.69 Å². The lowest BCUT2D eigenvalue weighted by atomic mass is 10.1. The van der Waals surface area contributed by atoms with Crippen LogP contribution in [0.25, 0.3) is 0 Å². The zero-order valence-corrected chi connectivity index (χ0v) is 12.5. The van der Waals surface area contributed by atoms with Crippen LogP contribution in [0.15, 0.2) is 0 Å². The van der Waals surface area contributed by atoms with Gasteiger partial charge >= 0.3 is 5.97 Å². The summed E-state index contributed by atoms with van der Waals surface area (Å²) >= 11 is 0. The van der Waals surface area contributed by atoms with Crippen LogP contribution >= 0.6 is 0 Å². The molecule has 1 amide bonds. The molecule has 0 aromatic carbocycles. The predicted octanol–water partition coefficient (Wildman–Crippen LogP) is 1.40. The Morgan fingerprint density at radius 3 is 2.30 bits per heavy atom. The number of aryl methyl sites for hydroxylation is 1. The molecule has 0 saturated carbocycles. The molecule has 0 aliphatic carbocycles. The number of hydrogen-bond acceptors (Lipinski definition) is 3. The maximum Gasteiger partial charge on any atom is 0.352 e. The van der Waals surface area contributed by atoms with E-state index in [1.165, 1.54) is 0 Å². The zero-order chi connectivity index (χ0) is 15.3. The predicted molar refractivity (Wildman–Crippen MR) is 77.3 cm³/mol. The topological polar surface area (TPSA) is 85.4 Å². The van der Waals surface area contributed by atoms with Crippen LogP contribution in [-0.4, -0.2) is 53.0 Å². The molecule has 0 fully saturated rings. The number of nitrogens with zero attached hydrogens (tertiary/aromatic N) is 1. The number of carboxylic acid groups (broad SMARTS) is 1. The molecule has 0 radical (unpaired) electrons. The van der Waals surface area contributed by atoms with Crippen LogP contribution in [0.5, 0.6) is 0 Å². The summed E-state index contributed by atoms with van der Waals surface area (Å²) in [6.45, 7) is 10.7. The molecule has 1 aromatic rings. The van der Waals surface area contributed by atoms with Gasteiger partial charge in [-0.2, -0.15) is 0 Å². The van der Waals surface area contributed by atoms with E-state index in [2.05, 4.69) is 29.0 Å². The van der Waals surface area contributed by atoms with E-state index < -0.39 is 5.97 Å². The van der Waals surface area contributed by atoms with Gasteiger partial charge in [0.15, 0.2) is 0 Å². The highest BCUT2D eigenvalue weighted by atomic mass is 16.4. The summed E-state index contributed by atoms with van der Waals surface area (Å²) in [5.74, 6) is -1.27. The second kappa shape index (κ2) is 7.09. The van der Waals surface area contributed by atoms with Gasteiger partial charge in [0.25, 0.3) is 5.91 Å². The summed E-state index contributed by atoms with van der Waals surface area (Å²) in [5.41, 5.74) is 1.58. The second-order valence-electron chi connectivity index (χ2n) is 4.71. The number of H-pyrrole nitrogens is 1. The molecular weight excluding hydrogens is 258 g/mol. The summed E-state index contributed by atoms with van der Waals surface area (Å²) in [7, 11) is 0. The third kappa shape index (κ3) is 3.60. The van der Waals surface area contributed by atoms with Gasteiger partial charge < -0.3 is 20.3 Å². The normalized spacial score (nSPS) is 10.8.